The molecule has 1 aromatic carbocycles. The number of ether oxygens (including phenoxy) is 2. The Morgan fingerprint density at radius 3 is 2.55 bits per heavy atom. The number of hydrogen-bond acceptors (Lipinski definition) is 8. The van der Waals surface area contributed by atoms with Crippen LogP contribution < -0.4 is 4.90 Å². The highest BCUT2D eigenvalue weighted by Gasteiger charge is 2.42. The van der Waals surface area contributed by atoms with Crippen molar-refractivity contribution in [2.45, 2.75) is 71.6 Å². The molecule has 11 heteroatoms. The molecule has 2 aliphatic heterocycles. The zero-order valence-electron chi connectivity index (χ0n) is 23.5. The van der Waals surface area contributed by atoms with Crippen LogP contribution in [0.25, 0.3) is 11.5 Å². The first-order valence-electron chi connectivity index (χ1n) is 12.9. The lowest BCUT2D eigenvalue weighted by Crippen LogP contribution is -2.62. The van der Waals surface area contributed by atoms with E-state index in [-0.39, 0.29) is 36.0 Å². The molecular weight excluding hydrogens is 510 g/mol. The van der Waals surface area contributed by atoms with Crippen LogP contribution in [-0.2, 0) is 19.7 Å². The molecule has 38 heavy (non-hydrogen) atoms. The van der Waals surface area contributed by atoms with Crippen LogP contribution in [0.4, 0.5) is 10.5 Å². The molecule has 4 rings (SSSR count). The highest BCUT2D eigenvalue weighted by atomic mass is 35.5. The maximum Gasteiger partial charge on any atom is 0.410 e. The summed E-state index contributed by atoms with van der Waals surface area (Å²) in [5, 5.41) is 4.32. The van der Waals surface area contributed by atoms with Gasteiger partial charge in [-0.1, -0.05) is 30.6 Å². The summed E-state index contributed by atoms with van der Waals surface area (Å²) < 4.78 is 16.4. The average Bonchev–Trinajstić information content (AvgIpc) is 3.34. The lowest BCUT2D eigenvalue weighted by Gasteiger charge is -2.45. The monoisotopic (exact) mass is 547 g/mol. The highest BCUT2D eigenvalue weighted by molar-refractivity contribution is 6.33. The summed E-state index contributed by atoms with van der Waals surface area (Å²) in [6.07, 6.45) is -0.353. The first kappa shape index (κ1) is 28.3. The lowest BCUT2D eigenvalue weighted by molar-refractivity contribution is -0.121. The minimum absolute atomic E-state index is 0.0340. The minimum atomic E-state index is -0.583. The Bertz CT molecular complexity index is 1210. The molecule has 0 spiro atoms. The van der Waals surface area contributed by atoms with Gasteiger partial charge in [-0.25, -0.2) is 4.79 Å². The number of benzene rings is 1. The van der Waals surface area contributed by atoms with Crippen molar-refractivity contribution in [3.05, 3.63) is 28.5 Å². The molecule has 0 aliphatic carbocycles. The van der Waals surface area contributed by atoms with Crippen LogP contribution in [0.2, 0.25) is 5.02 Å². The molecule has 0 unspecified atom stereocenters. The van der Waals surface area contributed by atoms with E-state index < -0.39 is 5.60 Å². The number of methoxy groups -OCH3 is 1. The predicted molar refractivity (Wildman–Crippen MR) is 144 cm³/mol. The number of carbonyl (C=O) groups is 2. The number of aryl methyl sites for hydroxylation is 1. The number of rotatable bonds is 5. The Kier molecular flexibility index (Phi) is 7.80. The first-order valence-corrected chi connectivity index (χ1v) is 13.3. The van der Waals surface area contributed by atoms with Gasteiger partial charge in [-0.05, 0) is 52.3 Å². The van der Waals surface area contributed by atoms with Crippen LogP contribution in [0, 0.1) is 6.92 Å². The zero-order chi connectivity index (χ0) is 28.0. The molecular formula is C27H38ClN5O5. The highest BCUT2D eigenvalue weighted by Crippen LogP contribution is 2.45. The molecule has 1 saturated heterocycles. The molecule has 2 atom stereocenters. The fourth-order valence-electron chi connectivity index (χ4n) is 5.17. The largest absolute Gasteiger partial charge is 0.444 e. The van der Waals surface area contributed by atoms with E-state index >= 15 is 0 Å². The normalized spacial score (nSPS) is 21.5. The van der Waals surface area contributed by atoms with Gasteiger partial charge in [0.05, 0.1) is 29.8 Å². The number of carbonyl (C=O) groups excluding carboxylic acids is 2. The van der Waals surface area contributed by atoms with Gasteiger partial charge in [0.15, 0.2) is 5.82 Å². The summed E-state index contributed by atoms with van der Waals surface area (Å²) in [6, 6.07) is 3.50. The number of piperazine rings is 1. The second kappa shape index (κ2) is 10.5. The van der Waals surface area contributed by atoms with Crippen molar-refractivity contribution in [1.29, 1.82) is 0 Å². The first-order chi connectivity index (χ1) is 17.7. The summed E-state index contributed by atoms with van der Waals surface area (Å²) in [4.78, 5) is 36.5. The Morgan fingerprint density at radius 2 is 1.95 bits per heavy atom. The Balaban J connectivity index is 1.54. The van der Waals surface area contributed by atoms with E-state index in [1.165, 1.54) is 0 Å². The van der Waals surface area contributed by atoms with Gasteiger partial charge < -0.3 is 23.8 Å². The number of amides is 2. The maximum atomic E-state index is 13.7. The molecule has 2 amide bonds. The molecule has 3 heterocycles. The molecule has 0 bridgehead atoms. The predicted octanol–water partition coefficient (Wildman–Crippen LogP) is 4.28. The van der Waals surface area contributed by atoms with E-state index in [9.17, 15) is 9.59 Å². The second-order valence-electron chi connectivity index (χ2n) is 11.9. The third kappa shape index (κ3) is 5.82. The summed E-state index contributed by atoms with van der Waals surface area (Å²) in [7, 11) is 1.62. The minimum Gasteiger partial charge on any atom is -0.444 e. The van der Waals surface area contributed by atoms with Gasteiger partial charge in [0.1, 0.15) is 5.60 Å². The van der Waals surface area contributed by atoms with E-state index in [4.69, 9.17) is 25.6 Å². The van der Waals surface area contributed by atoms with Crippen molar-refractivity contribution in [1.82, 2.24) is 19.9 Å². The van der Waals surface area contributed by atoms with E-state index in [0.29, 0.717) is 48.5 Å². The summed E-state index contributed by atoms with van der Waals surface area (Å²) in [5.74, 6) is 0.850. The van der Waals surface area contributed by atoms with Crippen molar-refractivity contribution >= 4 is 29.3 Å². The van der Waals surface area contributed by atoms with Gasteiger partial charge in [0.25, 0.3) is 5.89 Å². The number of nitrogens with zero attached hydrogens (tertiary/aromatic N) is 5. The fourth-order valence-corrected chi connectivity index (χ4v) is 5.41. The van der Waals surface area contributed by atoms with Crippen LogP contribution >= 0.6 is 11.6 Å². The van der Waals surface area contributed by atoms with Crippen molar-refractivity contribution in [3.8, 4) is 11.5 Å². The SMILES string of the molecule is COC[C@H]1CN(C(=O)OC(C)(C)C)[C@H](C)CN1CC(=O)N1CC(C)(C)c2cc(-c3nc(C)no3)c(Cl)cc21. The third-order valence-electron chi connectivity index (χ3n) is 7.00. The van der Waals surface area contributed by atoms with Gasteiger partial charge in [-0.15, -0.1) is 0 Å². The third-order valence-corrected chi connectivity index (χ3v) is 7.31. The van der Waals surface area contributed by atoms with E-state index in [1.807, 2.05) is 39.8 Å². The van der Waals surface area contributed by atoms with E-state index in [1.54, 1.807) is 23.8 Å². The van der Waals surface area contributed by atoms with Gasteiger partial charge in [0, 0.05) is 43.9 Å². The van der Waals surface area contributed by atoms with Crippen LogP contribution in [0.15, 0.2) is 16.7 Å². The van der Waals surface area contributed by atoms with Crippen molar-refractivity contribution in [3.63, 3.8) is 0 Å². The smallest absolute Gasteiger partial charge is 0.410 e. The quantitative estimate of drug-likeness (QED) is 0.546. The van der Waals surface area contributed by atoms with Crippen molar-refractivity contribution in [2.24, 2.45) is 0 Å². The Morgan fingerprint density at radius 1 is 1.24 bits per heavy atom. The molecule has 208 valence electrons. The Labute approximate surface area is 229 Å². The van der Waals surface area contributed by atoms with E-state index in [2.05, 4.69) is 28.9 Å². The standard InChI is InChI=1S/C27H38ClN5O5/c1-16-11-31(18(14-36-8)12-32(16)25(35)37-26(3,4)5)13-23(34)33-15-27(6,7)20-9-19(21(28)10-22(20)33)24-29-17(2)30-38-24/h9-10,16,18H,11-15H2,1-8H3/t16-,18-/m1/s1. The van der Waals surface area contributed by atoms with Crippen molar-refractivity contribution in [2.75, 3.05) is 44.8 Å². The van der Waals surface area contributed by atoms with Crippen LogP contribution in [-0.4, -0.2) is 89.5 Å². The molecule has 10 nitrogen and oxygen atoms in total. The molecule has 0 saturated carbocycles. The van der Waals surface area contributed by atoms with Crippen molar-refractivity contribution < 1.29 is 23.6 Å². The molecule has 0 radical (unpaired) electrons. The summed E-state index contributed by atoms with van der Waals surface area (Å²) >= 11 is 6.64. The molecule has 0 N–H and O–H groups in total. The maximum absolute atomic E-state index is 13.7. The van der Waals surface area contributed by atoms with Gasteiger partial charge in [-0.3, -0.25) is 9.69 Å². The number of anilines is 1. The molecule has 2 aliphatic rings. The van der Waals surface area contributed by atoms with Gasteiger partial charge >= 0.3 is 6.09 Å². The number of fused-ring (bicyclic) bond motifs is 1. The molecule has 1 fully saturated rings. The Hall–Kier alpha value is -2.69. The molecule has 1 aromatic heterocycles. The number of halogens is 1. The zero-order valence-corrected chi connectivity index (χ0v) is 24.3. The molecule has 2 aromatic rings. The van der Waals surface area contributed by atoms with Crippen LogP contribution in [0.3, 0.4) is 0 Å². The fraction of sp³-hybridized carbons (Fsp3) is 0.630. The van der Waals surface area contributed by atoms with Crippen LogP contribution in [0.5, 0.6) is 0 Å². The van der Waals surface area contributed by atoms with E-state index in [0.717, 1.165) is 11.3 Å². The number of hydrogen-bond donors (Lipinski definition) is 0. The topological polar surface area (TPSA) is 101 Å². The summed E-state index contributed by atoms with van der Waals surface area (Å²) in [5.41, 5.74) is 1.56. The average molecular weight is 548 g/mol. The number of aromatic nitrogens is 2. The summed E-state index contributed by atoms with van der Waals surface area (Å²) in [6.45, 7) is 15.5. The van der Waals surface area contributed by atoms with Crippen LogP contribution in [0.1, 0.15) is 52.9 Å². The van der Waals surface area contributed by atoms with Gasteiger partial charge in [-0.2, -0.15) is 4.98 Å². The van der Waals surface area contributed by atoms with Gasteiger partial charge in [0.2, 0.25) is 5.91 Å². The lowest BCUT2D eigenvalue weighted by atomic mass is 9.86. The second-order valence-corrected chi connectivity index (χ2v) is 12.3.